The molecule has 0 bridgehead atoms. The molecule has 0 amide bonds. The Balaban J connectivity index is 1.87. The molecule has 2 atom stereocenters. The molecule has 2 aliphatic rings. The van der Waals surface area contributed by atoms with Gasteiger partial charge in [0.05, 0.1) is 11.9 Å². The van der Waals surface area contributed by atoms with Crippen LogP contribution < -0.4 is 0 Å². The van der Waals surface area contributed by atoms with Gasteiger partial charge in [-0.3, -0.25) is 0 Å². The van der Waals surface area contributed by atoms with Crippen LogP contribution in [0.2, 0.25) is 0 Å². The highest BCUT2D eigenvalue weighted by Crippen LogP contribution is 2.22. The van der Waals surface area contributed by atoms with Crippen LogP contribution in [0.3, 0.4) is 0 Å². The maximum absolute atomic E-state index is 12.4. The van der Waals surface area contributed by atoms with Gasteiger partial charge >= 0.3 is 0 Å². The Bertz CT molecular complexity index is 379. The zero-order chi connectivity index (χ0) is 13.9. The number of methoxy groups -OCH3 is 1. The van der Waals surface area contributed by atoms with Gasteiger partial charge in [-0.25, -0.2) is 8.42 Å². The van der Waals surface area contributed by atoms with Gasteiger partial charge in [0.25, 0.3) is 0 Å². The van der Waals surface area contributed by atoms with Crippen molar-refractivity contribution < 1.29 is 13.2 Å². The average Bonchev–Trinajstić information content (AvgIpc) is 2.90. The molecule has 2 saturated heterocycles. The second-order valence-electron chi connectivity index (χ2n) is 5.76. The molecule has 6 heteroatoms. The van der Waals surface area contributed by atoms with Crippen LogP contribution in [-0.4, -0.2) is 69.3 Å². The van der Waals surface area contributed by atoms with Crippen LogP contribution in [0.4, 0.5) is 0 Å². The fourth-order valence-corrected chi connectivity index (χ4v) is 4.45. The highest BCUT2D eigenvalue weighted by atomic mass is 32.2. The van der Waals surface area contributed by atoms with Gasteiger partial charge in [0.1, 0.15) is 0 Å². The van der Waals surface area contributed by atoms with Crippen molar-refractivity contribution in [1.82, 2.24) is 9.21 Å². The molecular formula is C13H26N2O3S. The molecule has 0 saturated carbocycles. The van der Waals surface area contributed by atoms with Gasteiger partial charge in [0, 0.05) is 26.7 Å². The number of piperidine rings is 1. The Morgan fingerprint density at radius 1 is 1.21 bits per heavy atom. The first-order valence-corrected chi connectivity index (χ1v) is 8.87. The lowest BCUT2D eigenvalue weighted by molar-refractivity contribution is 0.0183. The van der Waals surface area contributed by atoms with Crippen molar-refractivity contribution in [3.8, 4) is 0 Å². The highest BCUT2D eigenvalue weighted by Gasteiger charge is 2.32. The lowest BCUT2D eigenvalue weighted by atomic mass is 9.97. The maximum atomic E-state index is 12.4. The average molecular weight is 290 g/mol. The number of ether oxygens (including phenoxy) is 1. The van der Waals surface area contributed by atoms with E-state index in [2.05, 4.69) is 11.8 Å². The second kappa shape index (κ2) is 6.52. The Labute approximate surface area is 117 Å². The van der Waals surface area contributed by atoms with E-state index in [0.717, 1.165) is 19.5 Å². The number of sulfonamides is 1. The minimum atomic E-state index is -3.13. The molecule has 0 aromatic carbocycles. The van der Waals surface area contributed by atoms with Crippen LogP contribution in [0.15, 0.2) is 0 Å². The summed E-state index contributed by atoms with van der Waals surface area (Å²) in [6.45, 7) is 6.05. The Kier molecular flexibility index (Phi) is 5.22. The molecule has 0 spiro atoms. The van der Waals surface area contributed by atoms with Gasteiger partial charge in [-0.2, -0.15) is 4.31 Å². The van der Waals surface area contributed by atoms with Crippen molar-refractivity contribution in [2.45, 2.75) is 32.3 Å². The first-order chi connectivity index (χ1) is 9.03. The van der Waals surface area contributed by atoms with E-state index in [0.29, 0.717) is 25.6 Å². The molecule has 112 valence electrons. The Hall–Kier alpha value is -0.170. The summed E-state index contributed by atoms with van der Waals surface area (Å²) in [5.74, 6) is 0.688. The van der Waals surface area contributed by atoms with Crippen molar-refractivity contribution in [3.05, 3.63) is 0 Å². The van der Waals surface area contributed by atoms with Gasteiger partial charge in [-0.05, 0) is 38.3 Å². The van der Waals surface area contributed by atoms with E-state index in [1.807, 2.05) is 0 Å². The lowest BCUT2D eigenvalue weighted by Gasteiger charge is -2.35. The monoisotopic (exact) mass is 290 g/mol. The predicted octanol–water partition coefficient (Wildman–Crippen LogP) is 0.769. The molecule has 0 aliphatic carbocycles. The zero-order valence-electron chi connectivity index (χ0n) is 12.0. The largest absolute Gasteiger partial charge is 0.380 e. The fourth-order valence-electron chi connectivity index (χ4n) is 2.94. The number of nitrogens with zero attached hydrogens (tertiary/aromatic N) is 2. The summed E-state index contributed by atoms with van der Waals surface area (Å²) in [6.07, 6.45) is 3.33. The second-order valence-corrected chi connectivity index (χ2v) is 7.85. The number of rotatable bonds is 5. The standard InChI is InChI=1S/C13H26N2O3S/c1-12-5-8-15(11-13(12)18-2)19(16,17)10-9-14-6-3-4-7-14/h12-13H,3-11H2,1-2H3. The number of likely N-dealkylation sites (tertiary alicyclic amines) is 1. The topological polar surface area (TPSA) is 49.9 Å². The molecule has 2 rings (SSSR count). The summed E-state index contributed by atoms with van der Waals surface area (Å²) in [7, 11) is -1.46. The summed E-state index contributed by atoms with van der Waals surface area (Å²) < 4.78 is 31.7. The van der Waals surface area contributed by atoms with E-state index in [1.165, 1.54) is 12.8 Å². The van der Waals surface area contributed by atoms with Gasteiger partial charge in [-0.15, -0.1) is 0 Å². The normalized spacial score (nSPS) is 30.8. The molecule has 2 heterocycles. The highest BCUT2D eigenvalue weighted by molar-refractivity contribution is 7.89. The molecule has 19 heavy (non-hydrogen) atoms. The molecular weight excluding hydrogens is 264 g/mol. The van der Waals surface area contributed by atoms with E-state index >= 15 is 0 Å². The summed E-state index contributed by atoms with van der Waals surface area (Å²) in [5, 5.41) is 0. The lowest BCUT2D eigenvalue weighted by Crippen LogP contribution is -2.48. The van der Waals surface area contributed by atoms with Gasteiger partial charge < -0.3 is 9.64 Å². The van der Waals surface area contributed by atoms with E-state index in [1.54, 1.807) is 11.4 Å². The number of hydrogen-bond donors (Lipinski definition) is 0. The van der Waals surface area contributed by atoms with Gasteiger partial charge in [0.2, 0.25) is 10.0 Å². The third-order valence-corrected chi connectivity index (χ3v) is 6.23. The predicted molar refractivity (Wildman–Crippen MR) is 75.6 cm³/mol. The number of hydrogen-bond acceptors (Lipinski definition) is 4. The first kappa shape index (κ1) is 15.2. The molecule has 5 nitrogen and oxygen atoms in total. The van der Waals surface area contributed by atoms with E-state index < -0.39 is 10.0 Å². The Morgan fingerprint density at radius 2 is 1.89 bits per heavy atom. The third-order valence-electron chi connectivity index (χ3n) is 4.41. The molecule has 0 radical (unpaired) electrons. The van der Waals surface area contributed by atoms with Gasteiger partial charge in [0.15, 0.2) is 0 Å². The Morgan fingerprint density at radius 3 is 2.53 bits per heavy atom. The zero-order valence-corrected chi connectivity index (χ0v) is 12.9. The molecule has 0 aromatic heterocycles. The smallest absolute Gasteiger partial charge is 0.215 e. The van der Waals surface area contributed by atoms with Crippen molar-refractivity contribution in [3.63, 3.8) is 0 Å². The summed E-state index contributed by atoms with van der Waals surface area (Å²) in [6, 6.07) is 0. The minimum Gasteiger partial charge on any atom is -0.380 e. The summed E-state index contributed by atoms with van der Waals surface area (Å²) >= 11 is 0. The summed E-state index contributed by atoms with van der Waals surface area (Å²) in [5.41, 5.74) is 0. The van der Waals surface area contributed by atoms with E-state index in [-0.39, 0.29) is 11.9 Å². The van der Waals surface area contributed by atoms with Crippen LogP contribution in [0.1, 0.15) is 26.2 Å². The van der Waals surface area contributed by atoms with Crippen LogP contribution in [0.25, 0.3) is 0 Å². The SMILES string of the molecule is COC1CN(S(=O)(=O)CCN2CCCC2)CCC1C. The molecule has 0 N–H and O–H groups in total. The molecule has 2 unspecified atom stereocenters. The summed E-state index contributed by atoms with van der Waals surface area (Å²) in [4.78, 5) is 2.25. The van der Waals surface area contributed by atoms with Crippen LogP contribution in [-0.2, 0) is 14.8 Å². The fraction of sp³-hybridized carbons (Fsp3) is 1.00. The third kappa shape index (κ3) is 3.90. The van der Waals surface area contributed by atoms with Crippen LogP contribution in [0, 0.1) is 5.92 Å². The molecule has 2 aliphatic heterocycles. The van der Waals surface area contributed by atoms with Crippen molar-refractivity contribution >= 4 is 10.0 Å². The van der Waals surface area contributed by atoms with Crippen molar-refractivity contribution in [1.29, 1.82) is 0 Å². The van der Waals surface area contributed by atoms with Crippen LogP contribution >= 0.6 is 0 Å². The van der Waals surface area contributed by atoms with Crippen molar-refractivity contribution in [2.75, 3.05) is 45.6 Å². The van der Waals surface area contributed by atoms with E-state index in [9.17, 15) is 8.42 Å². The van der Waals surface area contributed by atoms with Gasteiger partial charge in [-0.1, -0.05) is 6.92 Å². The van der Waals surface area contributed by atoms with Crippen LogP contribution in [0.5, 0.6) is 0 Å². The molecule has 2 fully saturated rings. The quantitative estimate of drug-likeness (QED) is 0.750. The molecule has 0 aromatic rings. The maximum Gasteiger partial charge on any atom is 0.215 e. The van der Waals surface area contributed by atoms with Crippen molar-refractivity contribution in [2.24, 2.45) is 5.92 Å². The minimum absolute atomic E-state index is 0.0373. The van der Waals surface area contributed by atoms with E-state index in [4.69, 9.17) is 4.74 Å². The first-order valence-electron chi connectivity index (χ1n) is 7.26.